The van der Waals surface area contributed by atoms with Gasteiger partial charge in [0.25, 0.3) is 0 Å². The van der Waals surface area contributed by atoms with Crippen LogP contribution in [0.3, 0.4) is 0 Å². The molecular formula is C17H25BF2N2O2. The summed E-state index contributed by atoms with van der Waals surface area (Å²) >= 11 is 0. The Hall–Kier alpha value is -1.02. The van der Waals surface area contributed by atoms with Crippen LogP contribution in [0.1, 0.15) is 39.7 Å². The molecule has 1 atom stereocenters. The molecule has 0 spiro atoms. The molecule has 4 nitrogen and oxygen atoms in total. The molecule has 2 fully saturated rings. The van der Waals surface area contributed by atoms with Gasteiger partial charge in [0.15, 0.2) is 0 Å². The summed E-state index contributed by atoms with van der Waals surface area (Å²) in [5.74, 6) is -1.14. The third-order valence-corrected chi connectivity index (χ3v) is 5.38. The smallest absolute Gasteiger partial charge is 0.399 e. The van der Waals surface area contributed by atoms with Crippen molar-refractivity contribution >= 4 is 12.6 Å². The van der Waals surface area contributed by atoms with Gasteiger partial charge in [0.05, 0.1) is 11.2 Å². The summed E-state index contributed by atoms with van der Waals surface area (Å²) in [5.41, 5.74) is 5.20. The third-order valence-electron chi connectivity index (χ3n) is 5.38. The van der Waals surface area contributed by atoms with E-state index in [1.54, 1.807) is 0 Å². The van der Waals surface area contributed by atoms with Gasteiger partial charge in [-0.3, -0.25) is 4.90 Å². The maximum Gasteiger partial charge on any atom is 0.495 e. The number of likely N-dealkylation sites (tertiary alicyclic amines) is 1. The Morgan fingerprint density at radius 1 is 1.17 bits per heavy atom. The predicted molar refractivity (Wildman–Crippen MR) is 89.9 cm³/mol. The lowest BCUT2D eigenvalue weighted by atomic mass is 9.78. The Bertz CT molecular complexity index is 600. The second-order valence-electron chi connectivity index (χ2n) is 7.84. The topological polar surface area (TPSA) is 47.7 Å². The van der Waals surface area contributed by atoms with Gasteiger partial charge in [-0.2, -0.15) is 0 Å². The number of hydrogen-bond acceptors (Lipinski definition) is 4. The SMILES string of the molecule is CC1(C)OB(c2cc(F)c(CN3CCC(N)C3)c(F)c2)OC1(C)C. The largest absolute Gasteiger partial charge is 0.495 e. The molecule has 2 saturated heterocycles. The fourth-order valence-electron chi connectivity index (χ4n) is 3.12. The molecule has 0 amide bonds. The van der Waals surface area contributed by atoms with Crippen LogP contribution in [-0.4, -0.2) is 42.4 Å². The number of halogens is 2. The van der Waals surface area contributed by atoms with E-state index in [0.717, 1.165) is 13.0 Å². The maximum atomic E-state index is 14.5. The van der Waals surface area contributed by atoms with E-state index >= 15 is 0 Å². The molecule has 2 aliphatic heterocycles. The van der Waals surface area contributed by atoms with E-state index in [-0.39, 0.29) is 18.2 Å². The number of nitrogens with zero attached hydrogens (tertiary/aromatic N) is 1. The van der Waals surface area contributed by atoms with Crippen molar-refractivity contribution in [1.29, 1.82) is 0 Å². The fourth-order valence-corrected chi connectivity index (χ4v) is 3.12. The second-order valence-corrected chi connectivity index (χ2v) is 7.84. The minimum absolute atomic E-state index is 0.0735. The van der Waals surface area contributed by atoms with Crippen molar-refractivity contribution in [3.8, 4) is 0 Å². The molecule has 0 radical (unpaired) electrons. The third kappa shape index (κ3) is 3.22. The average molecular weight is 338 g/mol. The van der Waals surface area contributed by atoms with Crippen molar-refractivity contribution in [1.82, 2.24) is 4.90 Å². The van der Waals surface area contributed by atoms with Crippen LogP contribution in [0.5, 0.6) is 0 Å². The van der Waals surface area contributed by atoms with Gasteiger partial charge >= 0.3 is 7.12 Å². The van der Waals surface area contributed by atoms with Gasteiger partial charge in [-0.05, 0) is 51.7 Å². The Morgan fingerprint density at radius 2 is 1.71 bits per heavy atom. The maximum absolute atomic E-state index is 14.5. The molecule has 7 heteroatoms. The van der Waals surface area contributed by atoms with Crippen molar-refractivity contribution in [2.24, 2.45) is 5.73 Å². The lowest BCUT2D eigenvalue weighted by molar-refractivity contribution is 0.00578. The Morgan fingerprint density at radius 3 is 2.17 bits per heavy atom. The first-order valence-corrected chi connectivity index (χ1v) is 8.40. The monoisotopic (exact) mass is 338 g/mol. The van der Waals surface area contributed by atoms with Crippen molar-refractivity contribution in [2.75, 3.05) is 13.1 Å². The molecule has 1 aromatic rings. The van der Waals surface area contributed by atoms with Crippen molar-refractivity contribution in [3.05, 3.63) is 29.3 Å². The normalized spacial score (nSPS) is 26.3. The summed E-state index contributed by atoms with van der Waals surface area (Å²) in [6.45, 7) is 9.29. The zero-order valence-corrected chi connectivity index (χ0v) is 14.7. The fraction of sp³-hybridized carbons (Fsp3) is 0.647. The van der Waals surface area contributed by atoms with Crippen molar-refractivity contribution < 1.29 is 18.1 Å². The molecule has 0 bridgehead atoms. The zero-order valence-electron chi connectivity index (χ0n) is 14.7. The highest BCUT2D eigenvalue weighted by molar-refractivity contribution is 6.62. The molecule has 2 N–H and O–H groups in total. The molecule has 0 saturated carbocycles. The Labute approximate surface area is 142 Å². The van der Waals surface area contributed by atoms with Crippen LogP contribution >= 0.6 is 0 Å². The standard InChI is InChI=1S/C17H25BF2N2O2/c1-16(2)17(3,4)24-18(23-16)11-7-14(19)13(15(20)8-11)10-22-6-5-12(21)9-22/h7-8,12H,5-6,9-10,21H2,1-4H3. The van der Waals surface area contributed by atoms with E-state index in [1.807, 2.05) is 32.6 Å². The highest BCUT2D eigenvalue weighted by Gasteiger charge is 2.52. The van der Waals surface area contributed by atoms with Crippen LogP contribution in [0.15, 0.2) is 12.1 Å². The van der Waals surface area contributed by atoms with Crippen LogP contribution in [0.2, 0.25) is 0 Å². The van der Waals surface area contributed by atoms with Crippen LogP contribution in [-0.2, 0) is 15.9 Å². The van der Waals surface area contributed by atoms with Gasteiger partial charge in [-0.1, -0.05) is 0 Å². The number of rotatable bonds is 3. The van der Waals surface area contributed by atoms with Crippen molar-refractivity contribution in [2.45, 2.75) is 57.9 Å². The van der Waals surface area contributed by atoms with Gasteiger partial charge < -0.3 is 15.0 Å². The van der Waals surface area contributed by atoms with Crippen LogP contribution < -0.4 is 11.2 Å². The van der Waals surface area contributed by atoms with E-state index < -0.39 is 30.0 Å². The molecule has 1 aromatic carbocycles. The van der Waals surface area contributed by atoms with Crippen LogP contribution in [0.25, 0.3) is 0 Å². The lowest BCUT2D eigenvalue weighted by Crippen LogP contribution is -2.41. The molecule has 2 aliphatic rings. The summed E-state index contributed by atoms with van der Waals surface area (Å²) < 4.78 is 40.7. The first kappa shape index (κ1) is 17.8. The molecular weight excluding hydrogens is 313 g/mol. The molecule has 2 heterocycles. The highest BCUT2D eigenvalue weighted by Crippen LogP contribution is 2.36. The van der Waals surface area contributed by atoms with Gasteiger partial charge in [0, 0.05) is 31.2 Å². The first-order chi connectivity index (χ1) is 11.1. The summed E-state index contributed by atoms with van der Waals surface area (Å²) in [6, 6.07) is 2.72. The number of benzene rings is 1. The average Bonchev–Trinajstić information content (AvgIpc) is 2.95. The molecule has 0 aromatic heterocycles. The molecule has 24 heavy (non-hydrogen) atoms. The van der Waals surface area contributed by atoms with Crippen LogP contribution in [0, 0.1) is 11.6 Å². The predicted octanol–water partition coefficient (Wildman–Crippen LogP) is 1.80. The summed E-state index contributed by atoms with van der Waals surface area (Å²) in [5, 5.41) is 0. The van der Waals surface area contributed by atoms with E-state index in [4.69, 9.17) is 15.0 Å². The van der Waals surface area contributed by atoms with Crippen LogP contribution in [0.4, 0.5) is 8.78 Å². The molecule has 3 rings (SSSR count). The van der Waals surface area contributed by atoms with Crippen molar-refractivity contribution in [3.63, 3.8) is 0 Å². The number of hydrogen-bond donors (Lipinski definition) is 1. The quantitative estimate of drug-likeness (QED) is 0.854. The summed E-state index contributed by atoms with van der Waals surface area (Å²) in [4.78, 5) is 1.97. The molecule has 0 aliphatic carbocycles. The van der Waals surface area contributed by atoms with E-state index in [2.05, 4.69) is 0 Å². The second kappa shape index (κ2) is 6.06. The lowest BCUT2D eigenvalue weighted by Gasteiger charge is -2.32. The Balaban J connectivity index is 1.80. The van der Waals surface area contributed by atoms with Gasteiger partial charge in [0.1, 0.15) is 11.6 Å². The summed E-state index contributed by atoms with van der Waals surface area (Å²) in [6.07, 6.45) is 0.856. The molecule has 132 valence electrons. The van der Waals surface area contributed by atoms with E-state index in [9.17, 15) is 8.78 Å². The van der Waals surface area contributed by atoms with E-state index in [1.165, 1.54) is 12.1 Å². The first-order valence-electron chi connectivity index (χ1n) is 8.40. The minimum Gasteiger partial charge on any atom is -0.399 e. The zero-order chi connectivity index (χ0) is 17.7. The highest BCUT2D eigenvalue weighted by atomic mass is 19.1. The van der Waals surface area contributed by atoms with E-state index in [0.29, 0.717) is 12.0 Å². The summed E-state index contributed by atoms with van der Waals surface area (Å²) in [7, 11) is -0.770. The van der Waals surface area contributed by atoms with Gasteiger partial charge in [-0.15, -0.1) is 0 Å². The Kier molecular flexibility index (Phi) is 4.49. The minimum atomic E-state index is -0.770. The van der Waals surface area contributed by atoms with Gasteiger partial charge in [-0.25, -0.2) is 8.78 Å². The number of nitrogens with two attached hydrogens (primary N) is 1. The van der Waals surface area contributed by atoms with Gasteiger partial charge in [0.2, 0.25) is 0 Å². The molecule has 1 unspecified atom stereocenters.